The molecule has 0 aliphatic heterocycles. The highest BCUT2D eigenvalue weighted by Gasteiger charge is 2.16. The summed E-state index contributed by atoms with van der Waals surface area (Å²) in [6.45, 7) is 4.72. The van der Waals surface area contributed by atoms with Crippen LogP contribution in [0.3, 0.4) is 0 Å². The molecule has 0 atom stereocenters. The minimum atomic E-state index is -0.341. The van der Waals surface area contributed by atoms with Crippen molar-refractivity contribution in [2.45, 2.75) is 65.5 Å². The number of hydrogen-bond acceptors (Lipinski definition) is 6. The normalized spacial score (nSPS) is 11.5. The first-order valence-corrected chi connectivity index (χ1v) is 12.1. The Bertz CT molecular complexity index is 1420. The molecule has 0 bridgehead atoms. The van der Waals surface area contributed by atoms with Crippen molar-refractivity contribution in [2.24, 2.45) is 0 Å². The average Bonchev–Trinajstić information content (AvgIpc) is 3.44. The first kappa shape index (κ1) is 24.2. The number of aryl methyl sites for hydroxylation is 3. The third-order valence-corrected chi connectivity index (χ3v) is 6.37. The molecule has 34 heavy (non-hydrogen) atoms. The number of H-pyrrole nitrogens is 1. The van der Waals surface area contributed by atoms with Crippen molar-refractivity contribution >= 4 is 34.4 Å². The quantitative estimate of drug-likeness (QED) is 0.311. The van der Waals surface area contributed by atoms with E-state index in [-0.39, 0.29) is 11.2 Å². The first-order chi connectivity index (χ1) is 16.4. The lowest BCUT2D eigenvalue weighted by Gasteiger charge is -2.11. The molecular formula is C23H26Cl2N6O3. The Kier molecular flexibility index (Phi) is 7.53. The van der Waals surface area contributed by atoms with Gasteiger partial charge in [-0.25, -0.2) is 9.78 Å². The molecule has 1 N–H and O–H groups in total. The molecule has 0 unspecified atom stereocenters. The van der Waals surface area contributed by atoms with Gasteiger partial charge >= 0.3 is 5.69 Å². The van der Waals surface area contributed by atoms with Gasteiger partial charge in [0.15, 0.2) is 5.65 Å². The van der Waals surface area contributed by atoms with Crippen molar-refractivity contribution in [1.82, 2.24) is 29.2 Å². The number of benzene rings is 1. The minimum absolute atomic E-state index is 0.299. The van der Waals surface area contributed by atoms with Crippen LogP contribution in [0.4, 0.5) is 0 Å². The molecule has 3 aromatic heterocycles. The molecule has 0 fully saturated rings. The zero-order chi connectivity index (χ0) is 24.2. The second-order valence-electron chi connectivity index (χ2n) is 8.22. The predicted octanol–water partition coefficient (Wildman–Crippen LogP) is 4.76. The second kappa shape index (κ2) is 10.6. The smallest absolute Gasteiger partial charge is 0.332 e. The van der Waals surface area contributed by atoms with Gasteiger partial charge in [-0.05, 0) is 44.4 Å². The first-order valence-electron chi connectivity index (χ1n) is 11.4. The lowest BCUT2D eigenvalue weighted by atomic mass is 10.2. The van der Waals surface area contributed by atoms with Gasteiger partial charge in [-0.15, -0.1) is 0 Å². The van der Waals surface area contributed by atoms with E-state index >= 15 is 0 Å². The highest BCUT2D eigenvalue weighted by molar-refractivity contribution is 6.42. The fourth-order valence-corrected chi connectivity index (χ4v) is 4.15. The van der Waals surface area contributed by atoms with Gasteiger partial charge in [0.2, 0.25) is 11.7 Å². The lowest BCUT2D eigenvalue weighted by molar-refractivity contribution is 0.372. The zero-order valence-corrected chi connectivity index (χ0v) is 20.6. The van der Waals surface area contributed by atoms with E-state index < -0.39 is 0 Å². The van der Waals surface area contributed by atoms with Gasteiger partial charge in [0, 0.05) is 25.1 Å². The van der Waals surface area contributed by atoms with Crippen molar-refractivity contribution < 1.29 is 4.52 Å². The summed E-state index contributed by atoms with van der Waals surface area (Å²) in [5, 5.41) is 4.87. The van der Waals surface area contributed by atoms with Crippen LogP contribution >= 0.6 is 23.2 Å². The van der Waals surface area contributed by atoms with Crippen molar-refractivity contribution in [3.63, 3.8) is 0 Å². The van der Waals surface area contributed by atoms with Crippen molar-refractivity contribution in [1.29, 1.82) is 0 Å². The molecule has 0 saturated heterocycles. The van der Waals surface area contributed by atoms with Crippen molar-refractivity contribution in [3.8, 4) is 11.4 Å². The number of aromatic nitrogens is 6. The molecule has 3 heterocycles. The van der Waals surface area contributed by atoms with Gasteiger partial charge < -0.3 is 9.51 Å². The predicted molar refractivity (Wildman–Crippen MR) is 132 cm³/mol. The summed E-state index contributed by atoms with van der Waals surface area (Å²) in [4.78, 5) is 37.8. The summed E-state index contributed by atoms with van der Waals surface area (Å²) in [6, 6.07) is 5.14. The topological polar surface area (TPSA) is 112 Å². The van der Waals surface area contributed by atoms with Gasteiger partial charge in [-0.3, -0.25) is 13.9 Å². The molecule has 9 nitrogen and oxygen atoms in total. The zero-order valence-electron chi connectivity index (χ0n) is 19.1. The van der Waals surface area contributed by atoms with E-state index in [1.165, 1.54) is 4.57 Å². The van der Waals surface area contributed by atoms with Crippen LogP contribution in [0, 0.1) is 6.92 Å². The number of fused-ring (bicyclic) bond motifs is 1. The summed E-state index contributed by atoms with van der Waals surface area (Å²) in [6.07, 6.45) is 4.70. The van der Waals surface area contributed by atoms with Crippen molar-refractivity contribution in [2.75, 3.05) is 0 Å². The molecule has 0 spiro atoms. The number of nitrogens with zero attached hydrogens (tertiary/aromatic N) is 5. The van der Waals surface area contributed by atoms with Crippen LogP contribution in [-0.4, -0.2) is 29.2 Å². The van der Waals surface area contributed by atoms with Gasteiger partial charge in [0.05, 0.1) is 10.0 Å². The molecule has 11 heteroatoms. The molecular weight excluding hydrogens is 479 g/mol. The van der Waals surface area contributed by atoms with E-state index in [9.17, 15) is 9.59 Å². The van der Waals surface area contributed by atoms with E-state index in [0.717, 1.165) is 19.3 Å². The standard InChI is InChI=1S/C23H26Cl2N6O3/c1-3-4-6-11-30-21-19(26-14(2)27-21)22(32)31(23(30)33)12-7-5-8-18-28-20(29-34-18)15-9-10-16(24)17(25)13-15/h9-10,13H,3-8,11-12H2,1-2H3,(H,26,27). The second-order valence-corrected chi connectivity index (χ2v) is 9.03. The van der Waals surface area contributed by atoms with E-state index in [0.29, 0.717) is 76.7 Å². The van der Waals surface area contributed by atoms with Crippen LogP contribution in [0.1, 0.15) is 50.7 Å². The summed E-state index contributed by atoms with van der Waals surface area (Å²) in [5.74, 6) is 1.52. The molecule has 0 aliphatic carbocycles. The Morgan fingerprint density at radius 2 is 1.76 bits per heavy atom. The maximum atomic E-state index is 13.1. The van der Waals surface area contributed by atoms with Crippen LogP contribution in [0.5, 0.6) is 0 Å². The molecule has 4 rings (SSSR count). The summed E-state index contributed by atoms with van der Waals surface area (Å²) >= 11 is 12.0. The van der Waals surface area contributed by atoms with E-state index in [1.807, 2.05) is 0 Å². The fourth-order valence-electron chi connectivity index (χ4n) is 3.86. The number of halogens is 2. The highest BCUT2D eigenvalue weighted by Crippen LogP contribution is 2.27. The Labute approximate surface area is 205 Å². The van der Waals surface area contributed by atoms with E-state index in [4.69, 9.17) is 27.7 Å². The lowest BCUT2D eigenvalue weighted by Crippen LogP contribution is -2.40. The van der Waals surface area contributed by atoms with E-state index in [1.54, 1.807) is 29.7 Å². The minimum Gasteiger partial charge on any atom is -0.339 e. The fraction of sp³-hybridized carbons (Fsp3) is 0.435. The maximum Gasteiger partial charge on any atom is 0.332 e. The Morgan fingerprint density at radius 1 is 1.00 bits per heavy atom. The van der Waals surface area contributed by atoms with Crippen LogP contribution in [0.25, 0.3) is 22.6 Å². The van der Waals surface area contributed by atoms with Gasteiger partial charge in [-0.1, -0.05) is 48.1 Å². The Morgan fingerprint density at radius 3 is 2.53 bits per heavy atom. The van der Waals surface area contributed by atoms with Crippen LogP contribution in [0.2, 0.25) is 10.0 Å². The van der Waals surface area contributed by atoms with Crippen LogP contribution < -0.4 is 11.2 Å². The molecule has 0 aliphatic rings. The Balaban J connectivity index is 1.45. The molecule has 0 amide bonds. The number of nitrogens with one attached hydrogen (secondary N) is 1. The number of imidazole rings is 1. The van der Waals surface area contributed by atoms with Crippen LogP contribution in [-0.2, 0) is 19.5 Å². The molecule has 4 aromatic rings. The SMILES string of the molecule is CCCCCn1c(=O)n(CCCCc2nc(-c3ccc(Cl)c(Cl)c3)no2)c(=O)c2[nH]c(C)nc21. The Hall–Kier alpha value is -2.91. The third kappa shape index (κ3) is 5.10. The summed E-state index contributed by atoms with van der Waals surface area (Å²) in [7, 11) is 0. The maximum absolute atomic E-state index is 13.1. The highest BCUT2D eigenvalue weighted by atomic mass is 35.5. The number of hydrogen-bond donors (Lipinski definition) is 1. The van der Waals surface area contributed by atoms with Gasteiger partial charge in [0.25, 0.3) is 5.56 Å². The van der Waals surface area contributed by atoms with Crippen LogP contribution in [0.15, 0.2) is 32.3 Å². The number of rotatable bonds is 10. The largest absolute Gasteiger partial charge is 0.339 e. The third-order valence-electron chi connectivity index (χ3n) is 5.63. The number of aromatic amines is 1. The number of unbranched alkanes of at least 4 members (excludes halogenated alkanes) is 3. The molecule has 0 radical (unpaired) electrons. The van der Waals surface area contributed by atoms with Crippen molar-refractivity contribution in [3.05, 3.63) is 60.8 Å². The molecule has 180 valence electrons. The van der Waals surface area contributed by atoms with Gasteiger partial charge in [0.1, 0.15) is 11.3 Å². The summed E-state index contributed by atoms with van der Waals surface area (Å²) < 4.78 is 8.24. The monoisotopic (exact) mass is 504 g/mol. The van der Waals surface area contributed by atoms with Gasteiger partial charge in [-0.2, -0.15) is 4.98 Å². The molecule has 0 saturated carbocycles. The van der Waals surface area contributed by atoms with E-state index in [2.05, 4.69) is 27.0 Å². The molecule has 1 aromatic carbocycles. The average molecular weight is 505 g/mol. The summed E-state index contributed by atoms with van der Waals surface area (Å²) in [5.41, 5.74) is 0.854.